The van der Waals surface area contributed by atoms with Gasteiger partial charge in [0.25, 0.3) is 0 Å². The first-order valence-corrected chi connectivity index (χ1v) is 10.8. The van der Waals surface area contributed by atoms with Gasteiger partial charge in [0.2, 0.25) is 5.91 Å². The summed E-state index contributed by atoms with van der Waals surface area (Å²) in [4.78, 5) is 28.4. The molecule has 0 spiro atoms. The van der Waals surface area contributed by atoms with Crippen LogP contribution in [-0.2, 0) is 11.2 Å². The summed E-state index contributed by atoms with van der Waals surface area (Å²) in [7, 11) is 0. The van der Waals surface area contributed by atoms with Gasteiger partial charge < -0.3 is 9.80 Å². The molecule has 140 valence electrons. The topological polar surface area (TPSA) is 49.3 Å². The third kappa shape index (κ3) is 4.20. The normalized spacial score (nSPS) is 14.6. The van der Waals surface area contributed by atoms with Crippen LogP contribution in [0.25, 0.3) is 10.6 Å². The first-order valence-electron chi connectivity index (χ1n) is 9.14. The molecular weight excluding hydrogens is 376 g/mol. The van der Waals surface area contributed by atoms with E-state index in [1.807, 2.05) is 42.3 Å². The fourth-order valence-corrected chi connectivity index (χ4v) is 5.10. The second-order valence-electron chi connectivity index (χ2n) is 6.54. The molecule has 4 rings (SSSR count). The van der Waals surface area contributed by atoms with Crippen molar-refractivity contribution in [2.75, 3.05) is 31.1 Å². The monoisotopic (exact) mass is 398 g/mol. The van der Waals surface area contributed by atoms with Gasteiger partial charge in [-0.3, -0.25) is 4.79 Å². The first-order chi connectivity index (χ1) is 13.2. The maximum absolute atomic E-state index is 12.7. The smallest absolute Gasteiger partial charge is 0.223 e. The molecule has 3 aromatic heterocycles. The van der Waals surface area contributed by atoms with E-state index >= 15 is 0 Å². The minimum atomic E-state index is 0.235. The van der Waals surface area contributed by atoms with Gasteiger partial charge in [-0.1, -0.05) is 12.1 Å². The number of piperazine rings is 1. The number of carbonyl (C=O) groups excluding carboxylic acids is 1. The Kier molecular flexibility index (Phi) is 5.50. The minimum Gasteiger partial charge on any atom is -0.353 e. The molecule has 1 fully saturated rings. The summed E-state index contributed by atoms with van der Waals surface area (Å²) >= 11 is 3.41. The molecule has 1 aliphatic rings. The van der Waals surface area contributed by atoms with Crippen molar-refractivity contribution >= 4 is 34.4 Å². The summed E-state index contributed by atoms with van der Waals surface area (Å²) in [5.74, 6) is 1.23. The molecule has 0 unspecified atom stereocenters. The molecule has 4 heterocycles. The summed E-state index contributed by atoms with van der Waals surface area (Å²) in [5, 5.41) is 3.13. The van der Waals surface area contributed by atoms with E-state index in [1.165, 1.54) is 9.75 Å². The zero-order valence-electron chi connectivity index (χ0n) is 15.3. The van der Waals surface area contributed by atoms with Crippen molar-refractivity contribution in [2.24, 2.45) is 0 Å². The van der Waals surface area contributed by atoms with E-state index in [9.17, 15) is 4.79 Å². The first kappa shape index (κ1) is 18.1. The Morgan fingerprint density at radius 3 is 2.70 bits per heavy atom. The molecule has 5 nitrogen and oxygen atoms in total. The second-order valence-corrected chi connectivity index (χ2v) is 8.77. The van der Waals surface area contributed by atoms with Crippen molar-refractivity contribution in [2.45, 2.75) is 19.8 Å². The predicted octanol–water partition coefficient (Wildman–Crippen LogP) is 3.86. The van der Waals surface area contributed by atoms with Crippen LogP contribution in [0.2, 0.25) is 0 Å². The number of hydrogen-bond acceptors (Lipinski definition) is 6. The Hall–Kier alpha value is -2.25. The van der Waals surface area contributed by atoms with Crippen LogP contribution >= 0.6 is 22.7 Å². The van der Waals surface area contributed by atoms with Crippen LogP contribution in [0.4, 0.5) is 5.82 Å². The Bertz CT molecular complexity index is 884. The molecule has 27 heavy (non-hydrogen) atoms. The maximum Gasteiger partial charge on any atom is 0.223 e. The number of aryl methyl sites for hydroxylation is 2. The molecule has 1 amide bonds. The third-order valence-electron chi connectivity index (χ3n) is 4.73. The lowest BCUT2D eigenvalue weighted by Gasteiger charge is -2.35. The quantitative estimate of drug-likeness (QED) is 0.655. The van der Waals surface area contributed by atoms with E-state index < -0.39 is 0 Å². The van der Waals surface area contributed by atoms with Gasteiger partial charge in [0.05, 0.1) is 15.6 Å². The number of amides is 1. The van der Waals surface area contributed by atoms with Crippen molar-refractivity contribution in [3.05, 3.63) is 51.8 Å². The highest BCUT2D eigenvalue weighted by Crippen LogP contribution is 2.32. The van der Waals surface area contributed by atoms with Gasteiger partial charge in [0.15, 0.2) is 0 Å². The Labute approximate surface area is 167 Å². The van der Waals surface area contributed by atoms with Crippen LogP contribution in [0, 0.1) is 6.92 Å². The number of anilines is 1. The number of hydrogen-bond donors (Lipinski definition) is 0. The number of pyridine rings is 1. The summed E-state index contributed by atoms with van der Waals surface area (Å²) < 4.78 is 0. The van der Waals surface area contributed by atoms with Gasteiger partial charge in [-0.25, -0.2) is 9.97 Å². The molecular formula is C20H22N4OS2. The van der Waals surface area contributed by atoms with Crippen LogP contribution in [0.1, 0.15) is 16.3 Å². The molecule has 0 aliphatic carbocycles. The fourth-order valence-electron chi connectivity index (χ4n) is 3.35. The lowest BCUT2D eigenvalue weighted by molar-refractivity contribution is -0.131. The van der Waals surface area contributed by atoms with E-state index in [4.69, 9.17) is 0 Å². The van der Waals surface area contributed by atoms with Gasteiger partial charge in [-0.2, -0.15) is 0 Å². The van der Waals surface area contributed by atoms with Crippen LogP contribution < -0.4 is 4.90 Å². The average Bonchev–Trinajstić information content (AvgIpc) is 3.36. The van der Waals surface area contributed by atoms with E-state index in [0.29, 0.717) is 6.42 Å². The zero-order chi connectivity index (χ0) is 18.6. The lowest BCUT2D eigenvalue weighted by atomic mass is 10.2. The molecule has 0 radical (unpaired) electrons. The number of carbonyl (C=O) groups is 1. The van der Waals surface area contributed by atoms with E-state index in [-0.39, 0.29) is 5.91 Å². The molecule has 0 N–H and O–H groups in total. The van der Waals surface area contributed by atoms with Crippen molar-refractivity contribution in [1.82, 2.24) is 14.9 Å². The van der Waals surface area contributed by atoms with Gasteiger partial charge >= 0.3 is 0 Å². The fraction of sp³-hybridized carbons (Fsp3) is 0.350. The van der Waals surface area contributed by atoms with Crippen molar-refractivity contribution in [3.63, 3.8) is 0 Å². The summed E-state index contributed by atoms with van der Waals surface area (Å²) in [6.07, 6.45) is 3.12. The van der Waals surface area contributed by atoms with E-state index in [1.54, 1.807) is 22.7 Å². The molecule has 1 saturated heterocycles. The SMILES string of the molecule is Cc1nc(-c2cccs2)c(CCC(=O)N2CCN(c3ccccn3)CC2)s1. The van der Waals surface area contributed by atoms with Gasteiger partial charge in [-0.15, -0.1) is 22.7 Å². The van der Waals surface area contributed by atoms with Gasteiger partial charge in [0.1, 0.15) is 5.82 Å². The lowest BCUT2D eigenvalue weighted by Crippen LogP contribution is -2.49. The minimum absolute atomic E-state index is 0.235. The average molecular weight is 399 g/mol. The molecule has 0 bridgehead atoms. The van der Waals surface area contributed by atoms with E-state index in [2.05, 4.69) is 26.3 Å². The van der Waals surface area contributed by atoms with Crippen LogP contribution in [-0.4, -0.2) is 47.0 Å². The highest BCUT2D eigenvalue weighted by Gasteiger charge is 2.22. The molecule has 3 aromatic rings. The summed E-state index contributed by atoms with van der Waals surface area (Å²) in [6, 6.07) is 10.1. The highest BCUT2D eigenvalue weighted by atomic mass is 32.1. The van der Waals surface area contributed by atoms with Crippen molar-refractivity contribution < 1.29 is 4.79 Å². The summed E-state index contributed by atoms with van der Waals surface area (Å²) in [6.45, 7) is 5.22. The van der Waals surface area contributed by atoms with Gasteiger partial charge in [0, 0.05) is 43.7 Å². The largest absolute Gasteiger partial charge is 0.353 e. The summed E-state index contributed by atoms with van der Waals surface area (Å²) in [5.41, 5.74) is 1.06. The Morgan fingerprint density at radius 2 is 2.00 bits per heavy atom. The van der Waals surface area contributed by atoms with Gasteiger partial charge in [-0.05, 0) is 36.9 Å². The Balaban J connectivity index is 1.33. The molecule has 7 heteroatoms. The zero-order valence-corrected chi connectivity index (χ0v) is 16.9. The van der Waals surface area contributed by atoms with Crippen molar-refractivity contribution in [3.8, 4) is 10.6 Å². The number of aromatic nitrogens is 2. The molecule has 0 saturated carbocycles. The number of thiazole rings is 1. The number of thiophene rings is 1. The second kappa shape index (κ2) is 8.19. The van der Waals surface area contributed by atoms with Crippen molar-refractivity contribution in [1.29, 1.82) is 0 Å². The maximum atomic E-state index is 12.7. The molecule has 1 aliphatic heterocycles. The number of rotatable bonds is 5. The standard InChI is InChI=1S/C20H22N4OS2/c1-15-22-20(16-5-4-14-26-16)17(27-15)7-8-19(25)24-12-10-23(11-13-24)18-6-2-3-9-21-18/h2-6,9,14H,7-8,10-13H2,1H3. The highest BCUT2D eigenvalue weighted by molar-refractivity contribution is 7.15. The number of nitrogens with zero attached hydrogens (tertiary/aromatic N) is 4. The molecule has 0 aromatic carbocycles. The van der Waals surface area contributed by atoms with Crippen LogP contribution in [0.5, 0.6) is 0 Å². The predicted molar refractivity (Wildman–Crippen MR) is 112 cm³/mol. The Morgan fingerprint density at radius 1 is 1.15 bits per heavy atom. The van der Waals surface area contributed by atoms with E-state index in [0.717, 1.165) is 49.1 Å². The molecule has 0 atom stereocenters. The third-order valence-corrected chi connectivity index (χ3v) is 6.64. The van der Waals surface area contributed by atoms with Crippen LogP contribution in [0.15, 0.2) is 41.9 Å². The van der Waals surface area contributed by atoms with Crippen LogP contribution in [0.3, 0.4) is 0 Å².